The molecule has 0 bridgehead atoms. The first kappa shape index (κ1) is 23.3. The van der Waals surface area contributed by atoms with Gasteiger partial charge in [-0.3, -0.25) is 10.6 Å². The van der Waals surface area contributed by atoms with Crippen LogP contribution in [0.2, 0.25) is 0 Å². The second kappa shape index (κ2) is 8.94. The fraction of sp³-hybridized carbons (Fsp3) is 0.500. The first-order chi connectivity index (χ1) is 12.7. The molecule has 0 radical (unpaired) electrons. The lowest BCUT2D eigenvalue weighted by atomic mass is 10.2. The highest BCUT2D eigenvalue weighted by Crippen LogP contribution is 2.15. The van der Waals surface area contributed by atoms with Crippen LogP contribution in [0, 0.1) is 17.5 Å². The van der Waals surface area contributed by atoms with E-state index in [0.29, 0.717) is 6.07 Å². The fourth-order valence-electron chi connectivity index (χ4n) is 1.80. The Hall–Kier alpha value is -2.78. The molecule has 28 heavy (non-hydrogen) atoms. The summed E-state index contributed by atoms with van der Waals surface area (Å²) in [5, 5.41) is 4.35. The first-order valence-electron chi connectivity index (χ1n) is 8.34. The van der Waals surface area contributed by atoms with Gasteiger partial charge in [0.15, 0.2) is 11.6 Å². The van der Waals surface area contributed by atoms with Crippen LogP contribution in [0.3, 0.4) is 0 Å². The molecule has 2 N–H and O–H groups in total. The number of hydrogen-bond acceptors (Lipinski definition) is 5. The molecule has 1 aromatic rings. The van der Waals surface area contributed by atoms with E-state index in [2.05, 4.69) is 15.6 Å². The number of carbonyl (C=O) groups is 2. The molecule has 0 spiro atoms. The molecule has 0 heterocycles. The van der Waals surface area contributed by atoms with Crippen molar-refractivity contribution in [3.63, 3.8) is 0 Å². The average molecular weight is 403 g/mol. The van der Waals surface area contributed by atoms with Gasteiger partial charge in [0, 0.05) is 11.6 Å². The lowest BCUT2D eigenvalue weighted by Crippen LogP contribution is -2.47. The second-order valence-electron chi connectivity index (χ2n) is 7.78. The van der Waals surface area contributed by atoms with Gasteiger partial charge < -0.3 is 9.47 Å². The lowest BCUT2D eigenvalue weighted by molar-refractivity contribution is 0.0545. The maximum absolute atomic E-state index is 13.8. The molecule has 0 aromatic heterocycles. The molecule has 0 aliphatic heterocycles. The standard InChI is InChI=1S/C18H24F3N3O4/c1-17(2,3)27-15(25)23-14(24-16(26)28-18(4,5)6)22-9-10-7-11(19)8-12(20)13(10)21/h7-8H,9H2,1-6H3,(H2,22,23,24,25,26). The quantitative estimate of drug-likeness (QED) is 0.444. The summed E-state index contributed by atoms with van der Waals surface area (Å²) in [6.45, 7) is 9.16. The van der Waals surface area contributed by atoms with Crippen molar-refractivity contribution in [2.24, 2.45) is 4.99 Å². The van der Waals surface area contributed by atoms with E-state index in [1.807, 2.05) is 0 Å². The van der Waals surface area contributed by atoms with Crippen LogP contribution in [-0.4, -0.2) is 29.3 Å². The van der Waals surface area contributed by atoms with E-state index in [0.717, 1.165) is 6.07 Å². The number of amides is 2. The predicted octanol–water partition coefficient (Wildman–Crippen LogP) is 4.01. The van der Waals surface area contributed by atoms with E-state index in [-0.39, 0.29) is 0 Å². The number of guanidine groups is 1. The van der Waals surface area contributed by atoms with Gasteiger partial charge in [-0.05, 0) is 47.6 Å². The summed E-state index contributed by atoms with van der Waals surface area (Å²) in [5.41, 5.74) is -2.08. The van der Waals surface area contributed by atoms with Gasteiger partial charge in [-0.1, -0.05) is 0 Å². The molecule has 0 fully saturated rings. The third-order valence-corrected chi connectivity index (χ3v) is 2.71. The monoisotopic (exact) mass is 403 g/mol. The summed E-state index contributed by atoms with van der Waals surface area (Å²) >= 11 is 0. The van der Waals surface area contributed by atoms with Crippen molar-refractivity contribution >= 4 is 18.1 Å². The smallest absolute Gasteiger partial charge is 0.414 e. The van der Waals surface area contributed by atoms with Crippen molar-refractivity contribution in [2.45, 2.75) is 59.3 Å². The summed E-state index contributed by atoms with van der Waals surface area (Å²) in [7, 11) is 0. The van der Waals surface area contributed by atoms with Gasteiger partial charge in [0.2, 0.25) is 5.96 Å². The highest BCUT2D eigenvalue weighted by Gasteiger charge is 2.21. The molecule has 7 nitrogen and oxygen atoms in total. The minimum Gasteiger partial charge on any atom is -0.444 e. The number of nitrogens with zero attached hydrogens (tertiary/aromatic N) is 1. The zero-order valence-corrected chi connectivity index (χ0v) is 16.6. The Morgan fingerprint density at radius 3 is 1.82 bits per heavy atom. The van der Waals surface area contributed by atoms with Crippen molar-refractivity contribution in [1.82, 2.24) is 10.6 Å². The molecule has 0 atom stereocenters. The summed E-state index contributed by atoms with van der Waals surface area (Å²) in [5.74, 6) is -4.11. The molecule has 0 aliphatic rings. The number of hydrogen-bond donors (Lipinski definition) is 2. The number of halogens is 3. The van der Waals surface area contributed by atoms with Crippen LogP contribution in [-0.2, 0) is 16.0 Å². The topological polar surface area (TPSA) is 89.0 Å². The highest BCUT2D eigenvalue weighted by atomic mass is 19.2. The Balaban J connectivity index is 3.03. The molecule has 0 aliphatic carbocycles. The van der Waals surface area contributed by atoms with E-state index in [1.54, 1.807) is 41.5 Å². The van der Waals surface area contributed by atoms with Gasteiger partial charge >= 0.3 is 12.2 Å². The van der Waals surface area contributed by atoms with Gasteiger partial charge in [0.25, 0.3) is 0 Å². The highest BCUT2D eigenvalue weighted by molar-refractivity contribution is 6.01. The van der Waals surface area contributed by atoms with Gasteiger partial charge in [0.1, 0.15) is 17.0 Å². The molecule has 156 valence electrons. The van der Waals surface area contributed by atoms with Crippen molar-refractivity contribution < 1.29 is 32.2 Å². The van der Waals surface area contributed by atoms with Crippen LogP contribution >= 0.6 is 0 Å². The molecule has 1 aromatic carbocycles. The molecule has 2 amide bonds. The lowest BCUT2D eigenvalue weighted by Gasteiger charge is -2.22. The number of carbonyl (C=O) groups excluding carboxylic acids is 2. The molecular weight excluding hydrogens is 379 g/mol. The van der Waals surface area contributed by atoms with Crippen LogP contribution in [0.25, 0.3) is 0 Å². The Labute approximate surface area is 161 Å². The number of nitrogens with one attached hydrogen (secondary N) is 2. The minimum atomic E-state index is -1.38. The Bertz CT molecular complexity index is 737. The number of rotatable bonds is 2. The van der Waals surface area contributed by atoms with E-state index in [4.69, 9.17) is 9.47 Å². The Morgan fingerprint density at radius 1 is 0.929 bits per heavy atom. The second-order valence-corrected chi connectivity index (χ2v) is 7.78. The molecular formula is C18H24F3N3O4. The number of benzene rings is 1. The maximum atomic E-state index is 13.8. The summed E-state index contributed by atoms with van der Waals surface area (Å²) < 4.78 is 50.5. The number of ether oxygens (including phenoxy) is 2. The number of aliphatic imine (C=N–C) groups is 1. The molecule has 0 saturated heterocycles. The summed E-state index contributed by atoms with van der Waals surface area (Å²) in [4.78, 5) is 27.6. The molecule has 0 unspecified atom stereocenters. The van der Waals surface area contributed by atoms with Gasteiger partial charge in [-0.2, -0.15) is 0 Å². The zero-order chi connectivity index (χ0) is 21.7. The predicted molar refractivity (Wildman–Crippen MR) is 96.2 cm³/mol. The van der Waals surface area contributed by atoms with Crippen LogP contribution in [0.5, 0.6) is 0 Å². The number of alkyl carbamates (subject to hydrolysis) is 2. The van der Waals surface area contributed by atoms with Crippen molar-refractivity contribution in [1.29, 1.82) is 0 Å². The zero-order valence-electron chi connectivity index (χ0n) is 16.6. The van der Waals surface area contributed by atoms with Gasteiger partial charge in [0.05, 0.1) is 6.54 Å². The average Bonchev–Trinajstić information content (AvgIpc) is 2.45. The van der Waals surface area contributed by atoms with E-state index >= 15 is 0 Å². The molecule has 0 saturated carbocycles. The van der Waals surface area contributed by atoms with Crippen LogP contribution in [0.4, 0.5) is 22.8 Å². The fourth-order valence-corrected chi connectivity index (χ4v) is 1.80. The van der Waals surface area contributed by atoms with Crippen molar-refractivity contribution in [3.05, 3.63) is 35.1 Å². The van der Waals surface area contributed by atoms with Crippen LogP contribution in [0.1, 0.15) is 47.1 Å². The van der Waals surface area contributed by atoms with E-state index in [1.165, 1.54) is 0 Å². The Kier molecular flexibility index (Phi) is 7.43. The van der Waals surface area contributed by atoms with Crippen LogP contribution in [0.15, 0.2) is 17.1 Å². The van der Waals surface area contributed by atoms with Crippen LogP contribution < -0.4 is 10.6 Å². The normalized spacial score (nSPS) is 11.5. The summed E-state index contributed by atoms with van der Waals surface area (Å²) in [6.07, 6.45) is -1.90. The third-order valence-electron chi connectivity index (χ3n) is 2.71. The minimum absolute atomic E-state index is 0.390. The SMILES string of the molecule is CC(C)(C)OC(=O)NC(=NCc1cc(F)cc(F)c1F)NC(=O)OC(C)(C)C. The third kappa shape index (κ3) is 8.74. The Morgan fingerprint density at radius 2 is 1.39 bits per heavy atom. The van der Waals surface area contributed by atoms with Gasteiger partial charge in [-0.15, -0.1) is 0 Å². The van der Waals surface area contributed by atoms with Crippen molar-refractivity contribution in [3.8, 4) is 0 Å². The largest absolute Gasteiger partial charge is 0.444 e. The summed E-state index contributed by atoms with van der Waals surface area (Å²) in [6, 6.07) is 1.14. The van der Waals surface area contributed by atoms with Crippen molar-refractivity contribution in [2.75, 3.05) is 0 Å². The molecule has 10 heteroatoms. The van der Waals surface area contributed by atoms with E-state index in [9.17, 15) is 22.8 Å². The molecule has 1 rings (SSSR count). The van der Waals surface area contributed by atoms with Gasteiger partial charge in [-0.25, -0.2) is 27.8 Å². The first-order valence-corrected chi connectivity index (χ1v) is 8.34. The van der Waals surface area contributed by atoms with E-state index < -0.39 is 58.9 Å². The maximum Gasteiger partial charge on any atom is 0.414 e.